The van der Waals surface area contributed by atoms with Crippen molar-refractivity contribution >= 4 is 11.2 Å². The van der Waals surface area contributed by atoms with Crippen molar-refractivity contribution in [1.29, 1.82) is 0 Å². The maximum atomic E-state index is 6.18. The predicted octanol–water partition coefficient (Wildman–Crippen LogP) is 5.74. The van der Waals surface area contributed by atoms with Crippen LogP contribution in [0.3, 0.4) is 0 Å². The molecule has 2 aliphatic rings. The zero-order valence-electron chi connectivity index (χ0n) is 17.6. The van der Waals surface area contributed by atoms with Crippen LogP contribution in [0.1, 0.15) is 56.0 Å². The predicted molar refractivity (Wildman–Crippen MR) is 121 cm³/mol. The summed E-state index contributed by atoms with van der Waals surface area (Å²) < 4.78 is 8.51. The molecule has 3 aromatic heterocycles. The summed E-state index contributed by atoms with van der Waals surface area (Å²) in [5, 5.41) is 0. The summed E-state index contributed by atoms with van der Waals surface area (Å²) in [4.78, 5) is 14.4. The van der Waals surface area contributed by atoms with Crippen molar-refractivity contribution in [3.63, 3.8) is 0 Å². The van der Waals surface area contributed by atoms with E-state index < -0.39 is 0 Å². The Kier molecular flexibility index (Phi) is 4.67. The topological polar surface area (TPSA) is 52.8 Å². The summed E-state index contributed by atoms with van der Waals surface area (Å²) in [7, 11) is 0. The van der Waals surface area contributed by atoms with Gasteiger partial charge in [0.05, 0.1) is 11.7 Å². The van der Waals surface area contributed by atoms with E-state index in [1.165, 1.54) is 24.8 Å². The fraction of sp³-hybridized carbons (Fsp3) is 0.346. The second-order valence-electron chi connectivity index (χ2n) is 8.66. The highest BCUT2D eigenvalue weighted by atomic mass is 16.5. The molecule has 0 unspecified atom stereocenters. The molecule has 156 valence electrons. The van der Waals surface area contributed by atoms with Gasteiger partial charge in [0, 0.05) is 24.2 Å². The minimum Gasteiger partial charge on any atom is -0.474 e. The molecule has 6 rings (SSSR count). The molecular formula is C26H26N4O. The first-order valence-corrected chi connectivity index (χ1v) is 11.4. The minimum atomic E-state index is 0.289. The summed E-state index contributed by atoms with van der Waals surface area (Å²) in [6, 6.07) is 19.2. The van der Waals surface area contributed by atoms with E-state index in [1.807, 2.05) is 18.3 Å². The number of pyridine rings is 2. The van der Waals surface area contributed by atoms with Crippen LogP contribution in [0.2, 0.25) is 0 Å². The SMILES string of the molecule is c1ccc([C@H]2CCc3nc4ccc(-c5ccnc(OC6CCCCC6)c5)nc4n32)cc1. The molecule has 0 bridgehead atoms. The summed E-state index contributed by atoms with van der Waals surface area (Å²) in [6.45, 7) is 0. The lowest BCUT2D eigenvalue weighted by atomic mass is 9.98. The second kappa shape index (κ2) is 7.80. The molecule has 5 heteroatoms. The molecule has 1 aliphatic heterocycles. The first kappa shape index (κ1) is 18.6. The Morgan fingerprint density at radius 2 is 1.74 bits per heavy atom. The van der Waals surface area contributed by atoms with Crippen molar-refractivity contribution in [1.82, 2.24) is 19.5 Å². The van der Waals surface area contributed by atoms with Crippen molar-refractivity contribution in [3.05, 3.63) is 72.2 Å². The van der Waals surface area contributed by atoms with Crippen LogP contribution >= 0.6 is 0 Å². The first-order valence-electron chi connectivity index (χ1n) is 11.4. The molecule has 4 aromatic rings. The van der Waals surface area contributed by atoms with E-state index >= 15 is 0 Å². The van der Waals surface area contributed by atoms with Crippen LogP contribution in [0.5, 0.6) is 5.88 Å². The van der Waals surface area contributed by atoms with Gasteiger partial charge in [0.15, 0.2) is 5.65 Å². The molecule has 0 saturated heterocycles. The quantitative estimate of drug-likeness (QED) is 0.430. The van der Waals surface area contributed by atoms with E-state index in [-0.39, 0.29) is 6.10 Å². The number of fused-ring (bicyclic) bond motifs is 3. The average Bonchev–Trinajstić information content (AvgIpc) is 3.40. The maximum Gasteiger partial charge on any atom is 0.214 e. The lowest BCUT2D eigenvalue weighted by Crippen LogP contribution is -2.20. The van der Waals surface area contributed by atoms with Gasteiger partial charge in [0.25, 0.3) is 0 Å². The molecule has 1 fully saturated rings. The van der Waals surface area contributed by atoms with Crippen molar-refractivity contribution < 1.29 is 4.74 Å². The molecule has 4 heterocycles. The largest absolute Gasteiger partial charge is 0.474 e. The van der Waals surface area contributed by atoms with Gasteiger partial charge in [-0.05, 0) is 55.9 Å². The zero-order valence-corrected chi connectivity index (χ0v) is 17.6. The van der Waals surface area contributed by atoms with Gasteiger partial charge in [-0.25, -0.2) is 15.0 Å². The standard InChI is InChI=1S/C26H26N4O/c1-3-7-18(8-4-1)23-13-14-24-28-22-12-11-21(29-26(22)30(23)24)19-15-16-27-25(17-19)31-20-9-5-2-6-10-20/h1,3-4,7-8,11-12,15-17,20,23H,2,5-6,9-10,13-14H2/t23-/m1/s1. The fourth-order valence-corrected chi connectivity index (χ4v) is 5.06. The van der Waals surface area contributed by atoms with Crippen molar-refractivity contribution in [2.24, 2.45) is 0 Å². The molecule has 1 aromatic carbocycles. The van der Waals surface area contributed by atoms with Gasteiger partial charge in [-0.15, -0.1) is 0 Å². The highest BCUT2D eigenvalue weighted by Gasteiger charge is 2.28. The summed E-state index contributed by atoms with van der Waals surface area (Å²) >= 11 is 0. The Morgan fingerprint density at radius 3 is 2.61 bits per heavy atom. The molecule has 0 N–H and O–H groups in total. The molecule has 31 heavy (non-hydrogen) atoms. The third kappa shape index (κ3) is 3.48. The number of aromatic nitrogens is 4. The Bertz CT molecular complexity index is 1210. The van der Waals surface area contributed by atoms with Gasteiger partial charge in [-0.1, -0.05) is 36.8 Å². The minimum absolute atomic E-state index is 0.289. The van der Waals surface area contributed by atoms with Gasteiger partial charge in [0.2, 0.25) is 5.88 Å². The molecule has 0 spiro atoms. The van der Waals surface area contributed by atoms with Crippen LogP contribution in [0, 0.1) is 0 Å². The normalized spacial score (nSPS) is 18.9. The number of imidazole rings is 1. The van der Waals surface area contributed by atoms with Crippen molar-refractivity contribution in [3.8, 4) is 17.1 Å². The molecule has 1 aliphatic carbocycles. The molecular weight excluding hydrogens is 384 g/mol. The fourth-order valence-electron chi connectivity index (χ4n) is 5.06. The van der Waals surface area contributed by atoms with E-state index in [0.717, 1.165) is 53.9 Å². The third-order valence-corrected chi connectivity index (χ3v) is 6.62. The Balaban J connectivity index is 1.35. The number of rotatable bonds is 4. The second-order valence-corrected chi connectivity index (χ2v) is 8.66. The van der Waals surface area contributed by atoms with Gasteiger partial charge >= 0.3 is 0 Å². The van der Waals surface area contributed by atoms with Gasteiger partial charge < -0.3 is 9.30 Å². The van der Waals surface area contributed by atoms with Crippen molar-refractivity contribution in [2.45, 2.75) is 57.1 Å². The third-order valence-electron chi connectivity index (χ3n) is 6.62. The van der Waals surface area contributed by atoms with Crippen molar-refractivity contribution in [2.75, 3.05) is 0 Å². The summed E-state index contributed by atoms with van der Waals surface area (Å²) in [5.74, 6) is 1.83. The van der Waals surface area contributed by atoms with E-state index in [9.17, 15) is 0 Å². The Hall–Kier alpha value is -3.21. The van der Waals surface area contributed by atoms with E-state index in [4.69, 9.17) is 14.7 Å². The van der Waals surface area contributed by atoms with E-state index in [2.05, 4.69) is 52.0 Å². The number of nitrogens with zero attached hydrogens (tertiary/aromatic N) is 4. The molecule has 0 radical (unpaired) electrons. The molecule has 1 atom stereocenters. The van der Waals surface area contributed by atoms with Crippen LogP contribution in [-0.2, 0) is 6.42 Å². The monoisotopic (exact) mass is 410 g/mol. The highest BCUT2D eigenvalue weighted by molar-refractivity contribution is 5.77. The maximum absolute atomic E-state index is 6.18. The molecule has 1 saturated carbocycles. The van der Waals surface area contributed by atoms with Crippen LogP contribution < -0.4 is 4.74 Å². The number of benzene rings is 1. The average molecular weight is 411 g/mol. The number of ether oxygens (including phenoxy) is 1. The number of hydrogen-bond acceptors (Lipinski definition) is 4. The number of hydrogen-bond donors (Lipinski definition) is 0. The highest BCUT2D eigenvalue weighted by Crippen LogP contribution is 2.35. The van der Waals surface area contributed by atoms with E-state index in [1.54, 1.807) is 0 Å². The van der Waals surface area contributed by atoms with Crippen LogP contribution in [-0.4, -0.2) is 25.6 Å². The van der Waals surface area contributed by atoms with Crippen LogP contribution in [0.4, 0.5) is 0 Å². The Labute approximate surface area is 182 Å². The zero-order chi connectivity index (χ0) is 20.6. The van der Waals surface area contributed by atoms with Gasteiger partial charge in [-0.3, -0.25) is 0 Å². The lowest BCUT2D eigenvalue weighted by Gasteiger charge is -2.22. The Morgan fingerprint density at radius 1 is 0.871 bits per heavy atom. The van der Waals surface area contributed by atoms with Crippen LogP contribution in [0.25, 0.3) is 22.4 Å². The summed E-state index contributed by atoms with van der Waals surface area (Å²) in [5.41, 5.74) is 5.22. The van der Waals surface area contributed by atoms with Gasteiger partial charge in [0.1, 0.15) is 17.4 Å². The smallest absolute Gasteiger partial charge is 0.214 e. The van der Waals surface area contributed by atoms with Gasteiger partial charge in [-0.2, -0.15) is 0 Å². The number of aryl methyl sites for hydroxylation is 1. The summed E-state index contributed by atoms with van der Waals surface area (Å²) in [6.07, 6.45) is 10.2. The molecule has 5 nitrogen and oxygen atoms in total. The van der Waals surface area contributed by atoms with E-state index in [0.29, 0.717) is 11.9 Å². The van der Waals surface area contributed by atoms with Crippen LogP contribution in [0.15, 0.2) is 60.8 Å². The first-order chi connectivity index (χ1) is 15.3. The lowest BCUT2D eigenvalue weighted by molar-refractivity contribution is 0.149. The molecule has 0 amide bonds.